The number of allylic oxidation sites excluding steroid dienone is 1. The van der Waals surface area contributed by atoms with Crippen LogP contribution in [0.25, 0.3) is 0 Å². The Labute approximate surface area is 297 Å². The lowest BCUT2D eigenvalue weighted by molar-refractivity contribution is -0.114. The van der Waals surface area contributed by atoms with Gasteiger partial charge < -0.3 is 9.64 Å². The molecule has 8 heteroatoms. The van der Waals surface area contributed by atoms with E-state index in [1.54, 1.807) is 12.1 Å². The number of anilines is 2. The van der Waals surface area contributed by atoms with Gasteiger partial charge in [-0.25, -0.2) is 4.99 Å². The number of carbonyl (C=O) groups is 1. The number of unbranched alkanes of at least 4 members (excludes halogenated alkanes) is 22. The van der Waals surface area contributed by atoms with E-state index >= 15 is 0 Å². The van der Waals surface area contributed by atoms with Gasteiger partial charge in [0.2, 0.25) is 5.84 Å². The van der Waals surface area contributed by atoms with Gasteiger partial charge in [-0.1, -0.05) is 161 Å². The van der Waals surface area contributed by atoms with Crippen molar-refractivity contribution in [3.05, 3.63) is 30.0 Å². The van der Waals surface area contributed by atoms with Gasteiger partial charge in [0.1, 0.15) is 11.4 Å². The number of amidine groups is 1. The molecule has 1 aromatic rings. The summed E-state index contributed by atoms with van der Waals surface area (Å²) in [7, 11) is 1.44. The van der Waals surface area contributed by atoms with Crippen LogP contribution in [0.1, 0.15) is 175 Å². The van der Waals surface area contributed by atoms with Crippen LogP contribution in [0.5, 0.6) is 5.75 Å². The molecule has 0 radical (unpaired) electrons. The van der Waals surface area contributed by atoms with Crippen molar-refractivity contribution in [3.63, 3.8) is 0 Å². The highest BCUT2D eigenvalue weighted by Gasteiger charge is 2.48. The topological polar surface area (TPSA) is 45.1 Å². The van der Waals surface area contributed by atoms with E-state index in [4.69, 9.17) is 4.74 Å². The number of carbonyl (C=O) groups excluding carboxylic acids is 1. The zero-order valence-electron chi connectivity index (χ0n) is 31.5. The Morgan fingerprint density at radius 2 is 1.10 bits per heavy atom. The Morgan fingerprint density at radius 3 is 1.47 bits per heavy atom. The van der Waals surface area contributed by atoms with Crippen LogP contribution in [-0.4, -0.2) is 38.1 Å². The molecule has 0 saturated carbocycles. The first-order valence-electron chi connectivity index (χ1n) is 19.9. The number of amides is 1. The summed E-state index contributed by atoms with van der Waals surface area (Å²) in [6.07, 6.45) is 27.5. The lowest BCUT2D eigenvalue weighted by atomic mass is 10.0. The Morgan fingerprint density at radius 1 is 0.694 bits per heavy atom. The summed E-state index contributed by atoms with van der Waals surface area (Å²) in [6.45, 7) is 7.80. The average Bonchev–Trinajstić information content (AvgIpc) is 3.44. The molecule has 0 saturated heterocycles. The highest BCUT2D eigenvalue weighted by molar-refractivity contribution is 6.29. The maximum Gasteiger partial charge on any atom is 0.450 e. The van der Waals surface area contributed by atoms with Crippen molar-refractivity contribution in [1.82, 2.24) is 0 Å². The van der Waals surface area contributed by atoms with Crippen molar-refractivity contribution in [2.75, 3.05) is 30.0 Å². The molecule has 0 bridgehead atoms. The summed E-state index contributed by atoms with van der Waals surface area (Å²) >= 11 is 0. The third-order valence-corrected chi connectivity index (χ3v) is 9.72. The Kier molecular flexibility index (Phi) is 22.1. The second-order valence-electron chi connectivity index (χ2n) is 13.9. The monoisotopic (exact) mass is 692 g/mol. The van der Waals surface area contributed by atoms with E-state index in [1.165, 1.54) is 161 Å². The van der Waals surface area contributed by atoms with Gasteiger partial charge in [0, 0.05) is 24.8 Å². The molecule has 1 amide bonds. The molecule has 0 aliphatic carbocycles. The molecule has 1 aliphatic rings. The highest BCUT2D eigenvalue weighted by Crippen LogP contribution is 2.39. The van der Waals surface area contributed by atoms with E-state index in [1.807, 2.05) is 6.07 Å². The number of halogens is 3. The van der Waals surface area contributed by atoms with Gasteiger partial charge in [0.15, 0.2) is 0 Å². The molecular formula is C41H68F3N3O2. The normalized spacial score (nSPS) is 14.3. The average molecular weight is 692 g/mol. The van der Waals surface area contributed by atoms with E-state index < -0.39 is 17.9 Å². The maximum absolute atomic E-state index is 13.9. The van der Waals surface area contributed by atoms with Crippen molar-refractivity contribution in [3.8, 4) is 5.75 Å². The van der Waals surface area contributed by atoms with Crippen LogP contribution < -0.4 is 14.5 Å². The molecule has 0 aromatic heterocycles. The summed E-state index contributed by atoms with van der Waals surface area (Å²) < 4.78 is 47.3. The Hall–Kier alpha value is -2.51. The van der Waals surface area contributed by atoms with E-state index in [0.29, 0.717) is 4.90 Å². The molecule has 0 N–H and O–H groups in total. The van der Waals surface area contributed by atoms with E-state index in [9.17, 15) is 18.0 Å². The predicted molar refractivity (Wildman–Crippen MR) is 202 cm³/mol. The summed E-state index contributed by atoms with van der Waals surface area (Å²) in [5.74, 6) is -1.80. The third-order valence-electron chi connectivity index (χ3n) is 9.72. The van der Waals surface area contributed by atoms with Crippen LogP contribution in [-0.2, 0) is 4.79 Å². The van der Waals surface area contributed by atoms with Gasteiger partial charge in [0.05, 0.1) is 12.8 Å². The third kappa shape index (κ3) is 16.4. The molecule has 0 unspecified atom stereocenters. The number of ether oxygens (including phenoxy) is 1. The highest BCUT2D eigenvalue weighted by atomic mass is 19.4. The van der Waals surface area contributed by atoms with Gasteiger partial charge >= 0.3 is 6.18 Å². The number of hydrogen-bond acceptors (Lipinski definition) is 4. The minimum Gasteiger partial charge on any atom is -0.494 e. The van der Waals surface area contributed by atoms with Crippen molar-refractivity contribution in [2.45, 2.75) is 181 Å². The summed E-state index contributed by atoms with van der Waals surface area (Å²) in [4.78, 5) is 19.5. The Bertz CT molecular complexity index is 1070. The van der Waals surface area contributed by atoms with E-state index in [-0.39, 0.29) is 17.1 Å². The van der Waals surface area contributed by atoms with Crippen LogP contribution >= 0.6 is 0 Å². The van der Waals surface area contributed by atoms with E-state index in [2.05, 4.69) is 23.7 Å². The van der Waals surface area contributed by atoms with Gasteiger partial charge in [-0.05, 0) is 31.9 Å². The fourth-order valence-corrected chi connectivity index (χ4v) is 6.73. The van der Waals surface area contributed by atoms with Crippen molar-refractivity contribution < 1.29 is 22.7 Å². The maximum atomic E-state index is 13.9. The smallest absolute Gasteiger partial charge is 0.450 e. The number of methoxy groups -OCH3 is 1. The van der Waals surface area contributed by atoms with E-state index in [0.717, 1.165) is 31.6 Å². The zero-order valence-corrected chi connectivity index (χ0v) is 31.5. The first-order chi connectivity index (χ1) is 23.8. The summed E-state index contributed by atoms with van der Waals surface area (Å²) in [6, 6.07) is 5.18. The standard InChI is InChI=1S/C41H68F3N3O2/c1-5-8-10-12-14-16-18-20-22-24-26-28-32-46(33-29-27-25-23-21-19-17-15-13-11-9-6-2)35-30-31-37(38(34-35)49-4)47-39(48)36(7-3)45-40(47)41(42,43)44/h7,30-31,34H,5-6,8-29,32-33H2,1-4H3/b36-7+. The lowest BCUT2D eigenvalue weighted by Crippen LogP contribution is -2.41. The van der Waals surface area contributed by atoms with Crippen LogP contribution in [0.2, 0.25) is 0 Å². The van der Waals surface area contributed by atoms with Crippen LogP contribution in [0.4, 0.5) is 24.5 Å². The number of aliphatic imine (C=N–C) groups is 1. The summed E-state index contributed by atoms with van der Waals surface area (Å²) in [5, 5.41) is 0. The van der Waals surface area contributed by atoms with Crippen molar-refractivity contribution in [2.24, 2.45) is 4.99 Å². The molecule has 0 spiro atoms. The number of alkyl halides is 3. The molecule has 0 atom stereocenters. The largest absolute Gasteiger partial charge is 0.494 e. The molecule has 49 heavy (non-hydrogen) atoms. The van der Waals surface area contributed by atoms with Gasteiger partial charge in [0.25, 0.3) is 5.91 Å². The van der Waals surface area contributed by atoms with Crippen LogP contribution in [0.3, 0.4) is 0 Å². The SMILES string of the molecule is C/C=C1/N=C(C(F)(F)F)N(c2ccc(N(CCCCCCCCCCCCCC)CCCCCCCCCCCCCC)cc2OC)C1=O. The second kappa shape index (κ2) is 25.4. The fraction of sp³-hybridized carbons (Fsp3) is 0.756. The van der Waals surface area contributed by atoms with Crippen molar-refractivity contribution in [1.29, 1.82) is 0 Å². The lowest BCUT2D eigenvalue weighted by Gasteiger charge is -2.27. The molecule has 0 fully saturated rings. The summed E-state index contributed by atoms with van der Waals surface area (Å²) in [5.41, 5.74) is 0.744. The number of nitrogens with zero attached hydrogens (tertiary/aromatic N) is 3. The predicted octanol–water partition coefficient (Wildman–Crippen LogP) is 13.1. The zero-order chi connectivity index (χ0) is 35.7. The number of rotatable bonds is 29. The first-order valence-corrected chi connectivity index (χ1v) is 19.9. The van der Waals surface area contributed by atoms with Crippen molar-refractivity contribution >= 4 is 23.1 Å². The molecule has 2 rings (SSSR count). The second-order valence-corrected chi connectivity index (χ2v) is 13.9. The number of hydrogen-bond donors (Lipinski definition) is 0. The molecular weight excluding hydrogens is 623 g/mol. The van der Waals surface area contributed by atoms with Gasteiger partial charge in [-0.15, -0.1) is 0 Å². The Balaban J connectivity index is 1.95. The molecule has 1 aliphatic heterocycles. The van der Waals surface area contributed by atoms with Gasteiger partial charge in [-0.3, -0.25) is 9.69 Å². The molecule has 1 heterocycles. The number of benzene rings is 1. The van der Waals surface area contributed by atoms with Crippen LogP contribution in [0.15, 0.2) is 35.0 Å². The van der Waals surface area contributed by atoms with Gasteiger partial charge in [-0.2, -0.15) is 13.2 Å². The minimum atomic E-state index is -4.78. The quantitative estimate of drug-likeness (QED) is 0.0620. The molecule has 1 aromatic carbocycles. The molecule has 5 nitrogen and oxygen atoms in total. The van der Waals surface area contributed by atoms with Crippen LogP contribution in [0, 0.1) is 0 Å². The fourth-order valence-electron chi connectivity index (χ4n) is 6.73. The minimum absolute atomic E-state index is 0.0554. The molecule has 280 valence electrons. The first kappa shape index (κ1) is 42.7.